The van der Waals surface area contributed by atoms with Gasteiger partial charge in [0.1, 0.15) is 10.8 Å². The predicted molar refractivity (Wildman–Crippen MR) is 72.5 cm³/mol. The van der Waals surface area contributed by atoms with Crippen LogP contribution in [0.1, 0.15) is 17.8 Å². The van der Waals surface area contributed by atoms with E-state index in [0.717, 1.165) is 28.4 Å². The molecule has 0 bridgehead atoms. The lowest BCUT2D eigenvalue weighted by Crippen LogP contribution is -2.02. The maximum atomic E-state index is 5.60. The van der Waals surface area contributed by atoms with Crippen LogP contribution in [0.4, 0.5) is 5.13 Å². The third-order valence-corrected chi connectivity index (χ3v) is 3.59. The first-order chi connectivity index (χ1) is 8.78. The summed E-state index contributed by atoms with van der Waals surface area (Å²) >= 11 is 1.41. The van der Waals surface area contributed by atoms with E-state index < -0.39 is 0 Å². The number of aryl methyl sites for hydroxylation is 1. The number of fused-ring (bicyclic) bond motifs is 1. The molecule has 0 spiro atoms. The number of para-hydroxylation sites is 2. The molecule has 0 aliphatic heterocycles. The van der Waals surface area contributed by atoms with Gasteiger partial charge < -0.3 is 10.3 Å². The highest BCUT2D eigenvalue weighted by Gasteiger charge is 2.11. The van der Waals surface area contributed by atoms with Gasteiger partial charge in [0.05, 0.1) is 17.5 Å². The smallest absolute Gasteiger partial charge is 0.203 e. The van der Waals surface area contributed by atoms with E-state index in [0.29, 0.717) is 11.6 Å². The van der Waals surface area contributed by atoms with Crippen molar-refractivity contribution in [3.8, 4) is 0 Å². The monoisotopic (exact) mass is 259 g/mol. The van der Waals surface area contributed by atoms with Crippen molar-refractivity contribution in [3.63, 3.8) is 0 Å². The van der Waals surface area contributed by atoms with Gasteiger partial charge in [0.15, 0.2) is 0 Å². The van der Waals surface area contributed by atoms with Crippen LogP contribution in [-0.2, 0) is 13.0 Å². The molecule has 0 amide bonds. The molecule has 0 aliphatic rings. The van der Waals surface area contributed by atoms with Gasteiger partial charge in [-0.05, 0) is 19.1 Å². The van der Waals surface area contributed by atoms with E-state index in [9.17, 15) is 0 Å². The van der Waals surface area contributed by atoms with Crippen LogP contribution in [0.2, 0.25) is 0 Å². The molecule has 0 saturated heterocycles. The number of rotatable bonds is 3. The van der Waals surface area contributed by atoms with E-state index in [1.807, 2.05) is 18.2 Å². The first kappa shape index (κ1) is 11.2. The molecule has 5 nitrogen and oxygen atoms in total. The van der Waals surface area contributed by atoms with Crippen LogP contribution in [-0.4, -0.2) is 19.7 Å². The van der Waals surface area contributed by atoms with Gasteiger partial charge in [-0.15, -0.1) is 10.2 Å². The zero-order valence-corrected chi connectivity index (χ0v) is 10.8. The molecule has 6 heteroatoms. The first-order valence-corrected chi connectivity index (χ1v) is 6.61. The summed E-state index contributed by atoms with van der Waals surface area (Å²) in [6, 6.07) is 8.15. The average molecular weight is 259 g/mol. The highest BCUT2D eigenvalue weighted by Crippen LogP contribution is 2.20. The van der Waals surface area contributed by atoms with Gasteiger partial charge in [0.25, 0.3) is 0 Å². The Morgan fingerprint density at radius 1 is 1.28 bits per heavy atom. The third kappa shape index (κ3) is 1.84. The molecule has 1 aromatic carbocycles. The quantitative estimate of drug-likeness (QED) is 0.781. The second kappa shape index (κ2) is 4.38. The SMILES string of the molecule is CCn1c(Cc2nnc(N)s2)nc2ccccc21. The van der Waals surface area contributed by atoms with Crippen LogP contribution in [0.15, 0.2) is 24.3 Å². The molecule has 2 N–H and O–H groups in total. The number of nitrogen functional groups attached to an aromatic ring is 1. The Bertz CT molecular complexity index is 685. The van der Waals surface area contributed by atoms with Crippen molar-refractivity contribution in [1.82, 2.24) is 19.7 Å². The Labute approximate surface area is 108 Å². The number of benzene rings is 1. The van der Waals surface area contributed by atoms with E-state index in [1.54, 1.807) is 0 Å². The third-order valence-electron chi connectivity index (χ3n) is 2.84. The van der Waals surface area contributed by atoms with Gasteiger partial charge in [-0.25, -0.2) is 4.98 Å². The summed E-state index contributed by atoms with van der Waals surface area (Å²) in [6.45, 7) is 3.01. The lowest BCUT2D eigenvalue weighted by Gasteiger charge is -2.03. The highest BCUT2D eigenvalue weighted by atomic mass is 32.1. The van der Waals surface area contributed by atoms with Crippen molar-refractivity contribution < 1.29 is 0 Å². The molecular weight excluding hydrogens is 246 g/mol. The normalized spacial score (nSPS) is 11.2. The minimum atomic E-state index is 0.504. The van der Waals surface area contributed by atoms with Gasteiger partial charge in [0, 0.05) is 6.54 Å². The Morgan fingerprint density at radius 3 is 2.83 bits per heavy atom. The van der Waals surface area contributed by atoms with Crippen molar-refractivity contribution in [2.24, 2.45) is 0 Å². The maximum absolute atomic E-state index is 5.60. The topological polar surface area (TPSA) is 69.6 Å². The Balaban J connectivity index is 2.05. The fourth-order valence-electron chi connectivity index (χ4n) is 2.09. The highest BCUT2D eigenvalue weighted by molar-refractivity contribution is 7.15. The molecule has 18 heavy (non-hydrogen) atoms. The van der Waals surface area contributed by atoms with E-state index in [2.05, 4.69) is 32.7 Å². The lowest BCUT2D eigenvalue weighted by molar-refractivity contribution is 0.730. The van der Waals surface area contributed by atoms with Crippen LogP contribution in [0.5, 0.6) is 0 Å². The molecule has 92 valence electrons. The van der Waals surface area contributed by atoms with Gasteiger partial charge in [0.2, 0.25) is 5.13 Å². The zero-order chi connectivity index (χ0) is 12.5. The van der Waals surface area contributed by atoms with Crippen molar-refractivity contribution in [3.05, 3.63) is 35.1 Å². The molecule has 0 atom stereocenters. The summed E-state index contributed by atoms with van der Waals surface area (Å²) in [5.74, 6) is 1.01. The Kier molecular flexibility index (Phi) is 2.71. The van der Waals surface area contributed by atoms with Crippen molar-refractivity contribution in [1.29, 1.82) is 0 Å². The first-order valence-electron chi connectivity index (χ1n) is 5.80. The number of hydrogen-bond donors (Lipinski definition) is 1. The summed E-state index contributed by atoms with van der Waals surface area (Å²) < 4.78 is 2.20. The fourth-order valence-corrected chi connectivity index (χ4v) is 2.69. The molecule has 3 rings (SSSR count). The van der Waals surface area contributed by atoms with Gasteiger partial charge in [-0.3, -0.25) is 0 Å². The lowest BCUT2D eigenvalue weighted by atomic mass is 10.3. The van der Waals surface area contributed by atoms with Crippen LogP contribution >= 0.6 is 11.3 Å². The summed E-state index contributed by atoms with van der Waals surface area (Å²) in [7, 11) is 0. The minimum absolute atomic E-state index is 0.504. The second-order valence-electron chi connectivity index (χ2n) is 3.97. The number of imidazole rings is 1. The van der Waals surface area contributed by atoms with Crippen molar-refractivity contribution in [2.75, 3.05) is 5.73 Å². The van der Waals surface area contributed by atoms with Crippen LogP contribution in [0.25, 0.3) is 11.0 Å². The molecule has 0 aliphatic carbocycles. The Hall–Kier alpha value is -1.95. The van der Waals surface area contributed by atoms with Crippen molar-refractivity contribution >= 4 is 27.5 Å². The molecule has 0 radical (unpaired) electrons. The summed E-state index contributed by atoms with van der Waals surface area (Å²) in [4.78, 5) is 4.65. The van der Waals surface area contributed by atoms with E-state index in [4.69, 9.17) is 5.73 Å². The summed E-state index contributed by atoms with van der Waals surface area (Å²) in [5.41, 5.74) is 7.78. The van der Waals surface area contributed by atoms with E-state index in [-0.39, 0.29) is 0 Å². The van der Waals surface area contributed by atoms with Crippen LogP contribution in [0.3, 0.4) is 0 Å². The molecule has 0 unspecified atom stereocenters. The van der Waals surface area contributed by atoms with Crippen LogP contribution in [0, 0.1) is 0 Å². The molecule has 2 aromatic heterocycles. The molecule has 3 aromatic rings. The fraction of sp³-hybridized carbons (Fsp3) is 0.250. The zero-order valence-electron chi connectivity index (χ0n) is 10.00. The largest absolute Gasteiger partial charge is 0.374 e. The minimum Gasteiger partial charge on any atom is -0.374 e. The van der Waals surface area contributed by atoms with E-state index in [1.165, 1.54) is 11.3 Å². The number of nitrogens with two attached hydrogens (primary N) is 1. The number of anilines is 1. The van der Waals surface area contributed by atoms with Crippen molar-refractivity contribution in [2.45, 2.75) is 19.9 Å². The standard InChI is InChI=1S/C12H13N5S/c1-2-17-9-6-4-3-5-8(9)14-10(17)7-11-15-16-12(13)18-11/h3-6H,2,7H2,1H3,(H2,13,16). The second-order valence-corrected chi connectivity index (χ2v) is 5.07. The van der Waals surface area contributed by atoms with Crippen LogP contribution < -0.4 is 5.73 Å². The summed E-state index contributed by atoms with van der Waals surface area (Å²) in [6.07, 6.45) is 0.678. The van der Waals surface area contributed by atoms with Gasteiger partial charge in [-0.1, -0.05) is 23.5 Å². The molecule has 0 fully saturated rings. The predicted octanol–water partition coefficient (Wildman–Crippen LogP) is 2.08. The Morgan fingerprint density at radius 2 is 2.11 bits per heavy atom. The van der Waals surface area contributed by atoms with Gasteiger partial charge >= 0.3 is 0 Å². The van der Waals surface area contributed by atoms with Gasteiger partial charge in [-0.2, -0.15) is 0 Å². The average Bonchev–Trinajstić information content (AvgIpc) is 2.92. The molecular formula is C12H13N5S. The molecule has 0 saturated carbocycles. The maximum Gasteiger partial charge on any atom is 0.203 e. The summed E-state index contributed by atoms with van der Waals surface area (Å²) in [5, 5.41) is 9.28. The van der Waals surface area contributed by atoms with E-state index >= 15 is 0 Å². The number of hydrogen-bond acceptors (Lipinski definition) is 5. The molecule has 2 heterocycles. The number of aromatic nitrogens is 4. The number of nitrogens with zero attached hydrogens (tertiary/aromatic N) is 4.